The van der Waals surface area contributed by atoms with Crippen LogP contribution < -0.4 is 5.32 Å². The van der Waals surface area contributed by atoms with Gasteiger partial charge in [0.25, 0.3) is 11.8 Å². The number of hydrogen-bond acceptors (Lipinski definition) is 6. The lowest BCUT2D eigenvalue weighted by atomic mass is 10.0. The Labute approximate surface area is 192 Å². The fourth-order valence-corrected chi connectivity index (χ4v) is 5.50. The molecule has 2 rings (SSSR count). The summed E-state index contributed by atoms with van der Waals surface area (Å²) in [4.78, 5) is 39.2. The lowest BCUT2D eigenvalue weighted by Crippen LogP contribution is -2.49. The zero-order valence-electron chi connectivity index (χ0n) is 17.7. The maximum Gasteiger partial charge on any atom is 0.329 e. The number of esters is 1. The highest BCUT2D eigenvalue weighted by atomic mass is 35.5. The normalized spacial score (nSPS) is 19.5. The number of benzene rings is 1. The molecule has 0 bridgehead atoms. The smallest absolute Gasteiger partial charge is 0.329 e. The van der Waals surface area contributed by atoms with Crippen LogP contribution in [0.25, 0.3) is 0 Å². The van der Waals surface area contributed by atoms with Crippen molar-refractivity contribution in [2.24, 2.45) is 5.92 Å². The van der Waals surface area contributed by atoms with E-state index in [0.717, 1.165) is 0 Å². The van der Waals surface area contributed by atoms with Gasteiger partial charge in [-0.15, -0.1) is 0 Å². The van der Waals surface area contributed by atoms with Crippen LogP contribution in [0.4, 0.5) is 0 Å². The number of likely N-dealkylation sites (N-methyl/N-ethyl adjacent to an activating group) is 1. The minimum atomic E-state index is -3.16. The Morgan fingerprint density at radius 1 is 1.19 bits per heavy atom. The van der Waals surface area contributed by atoms with Crippen molar-refractivity contribution in [1.29, 1.82) is 0 Å². The second-order valence-corrected chi connectivity index (χ2v) is 11.0. The Kier molecular flexibility index (Phi) is 8.35. The van der Waals surface area contributed by atoms with E-state index in [2.05, 4.69) is 5.32 Å². The standard InChI is InChI=1S/C20H26Cl2N2O6S/c1-11(2)17(23-18(25)15-6-5-13(21)9-16(15)22)20(27)30-12(3)19(26)24(4)14-7-8-31(28,29)10-14/h5-6,9,11-12,14,17H,7-8,10H2,1-4H3,(H,23,25)/t12-,14-,17-/m0/s1. The molecule has 1 heterocycles. The van der Waals surface area contributed by atoms with Crippen LogP contribution in [0.2, 0.25) is 10.0 Å². The molecule has 1 aliphatic rings. The van der Waals surface area contributed by atoms with Crippen LogP contribution in [0.5, 0.6) is 0 Å². The summed E-state index contributed by atoms with van der Waals surface area (Å²) in [5.74, 6) is -2.28. The lowest BCUT2D eigenvalue weighted by molar-refractivity contribution is -0.161. The molecule has 0 saturated carbocycles. The number of carbonyl (C=O) groups is 3. The second kappa shape index (κ2) is 10.2. The highest BCUT2D eigenvalue weighted by molar-refractivity contribution is 7.91. The molecular formula is C20H26Cl2N2O6S. The van der Waals surface area contributed by atoms with Gasteiger partial charge in [0.05, 0.1) is 22.1 Å². The Bertz CT molecular complexity index is 966. The summed E-state index contributed by atoms with van der Waals surface area (Å²) in [6.07, 6.45) is -0.796. The number of amides is 2. The Morgan fingerprint density at radius 2 is 1.84 bits per heavy atom. The van der Waals surface area contributed by atoms with Crippen LogP contribution in [-0.2, 0) is 24.2 Å². The van der Waals surface area contributed by atoms with Crippen molar-refractivity contribution < 1.29 is 27.5 Å². The molecule has 0 aliphatic carbocycles. The first-order valence-electron chi connectivity index (χ1n) is 9.76. The summed E-state index contributed by atoms with van der Waals surface area (Å²) in [6.45, 7) is 4.85. The largest absolute Gasteiger partial charge is 0.451 e. The Morgan fingerprint density at radius 3 is 2.35 bits per heavy atom. The van der Waals surface area contributed by atoms with Crippen LogP contribution in [0.3, 0.4) is 0 Å². The minimum Gasteiger partial charge on any atom is -0.451 e. The van der Waals surface area contributed by atoms with Gasteiger partial charge in [-0.2, -0.15) is 0 Å². The first-order valence-corrected chi connectivity index (χ1v) is 12.3. The molecular weight excluding hydrogens is 467 g/mol. The lowest BCUT2D eigenvalue weighted by Gasteiger charge is -2.28. The quantitative estimate of drug-likeness (QED) is 0.584. The molecule has 3 atom stereocenters. The van der Waals surface area contributed by atoms with E-state index in [9.17, 15) is 22.8 Å². The molecule has 1 aliphatic heterocycles. The average molecular weight is 493 g/mol. The van der Waals surface area contributed by atoms with Gasteiger partial charge >= 0.3 is 5.97 Å². The van der Waals surface area contributed by atoms with Crippen molar-refractivity contribution >= 4 is 50.8 Å². The molecule has 8 nitrogen and oxygen atoms in total. The molecule has 31 heavy (non-hydrogen) atoms. The van der Waals surface area contributed by atoms with Gasteiger partial charge in [0.1, 0.15) is 6.04 Å². The molecule has 0 radical (unpaired) electrons. The molecule has 1 aromatic carbocycles. The van der Waals surface area contributed by atoms with Crippen LogP contribution in [-0.4, -0.2) is 67.8 Å². The highest BCUT2D eigenvalue weighted by Gasteiger charge is 2.36. The Hall–Kier alpha value is -1.84. The molecule has 1 fully saturated rings. The van der Waals surface area contributed by atoms with Gasteiger partial charge in [0, 0.05) is 18.1 Å². The average Bonchev–Trinajstić information content (AvgIpc) is 3.03. The van der Waals surface area contributed by atoms with Gasteiger partial charge in [0.2, 0.25) is 0 Å². The summed E-state index contributed by atoms with van der Waals surface area (Å²) < 4.78 is 28.6. The van der Waals surface area contributed by atoms with E-state index < -0.39 is 45.8 Å². The van der Waals surface area contributed by atoms with Crippen LogP contribution >= 0.6 is 23.2 Å². The van der Waals surface area contributed by atoms with Crippen LogP contribution in [0.15, 0.2) is 18.2 Å². The number of halogens is 2. The third-order valence-corrected chi connectivity index (χ3v) is 7.43. The number of ether oxygens (including phenoxy) is 1. The van der Waals surface area contributed by atoms with Crippen molar-refractivity contribution in [2.75, 3.05) is 18.6 Å². The van der Waals surface area contributed by atoms with E-state index in [1.165, 1.54) is 37.1 Å². The predicted octanol–water partition coefficient (Wildman–Crippen LogP) is 2.33. The van der Waals surface area contributed by atoms with Gasteiger partial charge in [-0.3, -0.25) is 9.59 Å². The molecule has 172 valence electrons. The molecule has 0 spiro atoms. The predicted molar refractivity (Wildman–Crippen MR) is 118 cm³/mol. The van der Waals surface area contributed by atoms with Gasteiger partial charge in [-0.05, 0) is 37.5 Å². The first kappa shape index (κ1) is 25.4. The van der Waals surface area contributed by atoms with Crippen molar-refractivity contribution in [3.05, 3.63) is 33.8 Å². The Balaban J connectivity index is 2.04. The topological polar surface area (TPSA) is 110 Å². The molecule has 1 saturated heterocycles. The number of nitrogens with zero attached hydrogens (tertiary/aromatic N) is 1. The maximum atomic E-state index is 12.7. The zero-order valence-corrected chi connectivity index (χ0v) is 20.1. The third kappa shape index (κ3) is 6.57. The van der Waals surface area contributed by atoms with Crippen molar-refractivity contribution in [3.63, 3.8) is 0 Å². The van der Waals surface area contributed by atoms with Crippen LogP contribution in [0, 0.1) is 5.92 Å². The van der Waals surface area contributed by atoms with E-state index in [1.54, 1.807) is 13.8 Å². The van der Waals surface area contributed by atoms with Gasteiger partial charge < -0.3 is 15.0 Å². The van der Waals surface area contributed by atoms with E-state index in [-0.39, 0.29) is 28.0 Å². The molecule has 0 unspecified atom stereocenters. The van der Waals surface area contributed by atoms with Gasteiger partial charge in [-0.1, -0.05) is 37.0 Å². The third-order valence-electron chi connectivity index (χ3n) is 5.13. The second-order valence-electron chi connectivity index (χ2n) is 7.90. The van der Waals surface area contributed by atoms with Crippen molar-refractivity contribution in [1.82, 2.24) is 10.2 Å². The number of sulfone groups is 1. The monoisotopic (exact) mass is 492 g/mol. The van der Waals surface area contributed by atoms with E-state index in [0.29, 0.717) is 11.4 Å². The molecule has 2 amide bonds. The summed E-state index contributed by atoms with van der Waals surface area (Å²) in [6, 6.07) is 2.89. The summed E-state index contributed by atoms with van der Waals surface area (Å²) in [5, 5.41) is 3.09. The van der Waals surface area contributed by atoms with Gasteiger partial charge in [-0.25, -0.2) is 13.2 Å². The van der Waals surface area contributed by atoms with Crippen molar-refractivity contribution in [2.45, 2.75) is 45.4 Å². The highest BCUT2D eigenvalue weighted by Crippen LogP contribution is 2.22. The number of rotatable bonds is 7. The van der Waals surface area contributed by atoms with E-state index >= 15 is 0 Å². The fraction of sp³-hybridized carbons (Fsp3) is 0.550. The zero-order chi connectivity index (χ0) is 23.5. The SMILES string of the molecule is CC(C)[C@H](NC(=O)c1ccc(Cl)cc1Cl)C(=O)O[C@@H](C)C(=O)N(C)[C@H]1CCS(=O)(=O)C1. The molecule has 11 heteroatoms. The minimum absolute atomic E-state index is 0.0260. The van der Waals surface area contributed by atoms with E-state index in [1.807, 2.05) is 0 Å². The molecule has 1 N–H and O–H groups in total. The van der Waals surface area contributed by atoms with Crippen LogP contribution in [0.1, 0.15) is 37.6 Å². The van der Waals surface area contributed by atoms with Gasteiger partial charge in [0.15, 0.2) is 15.9 Å². The first-order chi connectivity index (χ1) is 14.3. The summed E-state index contributed by atoms with van der Waals surface area (Å²) in [7, 11) is -1.67. The number of hydrogen-bond donors (Lipinski definition) is 1. The maximum absolute atomic E-state index is 12.7. The summed E-state index contributed by atoms with van der Waals surface area (Å²) in [5.41, 5.74) is 0.149. The van der Waals surface area contributed by atoms with E-state index in [4.69, 9.17) is 27.9 Å². The number of nitrogens with one attached hydrogen (secondary N) is 1. The number of carbonyl (C=O) groups excluding carboxylic acids is 3. The molecule has 0 aromatic heterocycles. The summed E-state index contributed by atoms with van der Waals surface area (Å²) >= 11 is 11.9. The fourth-order valence-electron chi connectivity index (χ4n) is 3.24. The molecule has 1 aromatic rings. The van der Waals surface area contributed by atoms with Crippen molar-refractivity contribution in [3.8, 4) is 0 Å².